The van der Waals surface area contributed by atoms with Gasteiger partial charge in [-0.2, -0.15) is 0 Å². The molecule has 0 atom stereocenters. The van der Waals surface area contributed by atoms with Crippen molar-refractivity contribution in [2.75, 3.05) is 0 Å². The fourth-order valence-corrected chi connectivity index (χ4v) is 2.51. The zero-order chi connectivity index (χ0) is 13.7. The highest BCUT2D eigenvalue weighted by atomic mass is 32.2. The average Bonchev–Trinajstić information content (AvgIpc) is 2.84. The van der Waals surface area contributed by atoms with Crippen molar-refractivity contribution in [2.45, 2.75) is 36.4 Å². The summed E-state index contributed by atoms with van der Waals surface area (Å²) < 4.78 is 2.11. The van der Waals surface area contributed by atoms with Crippen LogP contribution >= 0.6 is 11.8 Å². The van der Waals surface area contributed by atoms with Gasteiger partial charge in [-0.1, -0.05) is 25.1 Å². The smallest absolute Gasteiger partial charge is 0.269 e. The van der Waals surface area contributed by atoms with E-state index in [0.29, 0.717) is 0 Å². The van der Waals surface area contributed by atoms with Gasteiger partial charge in [0, 0.05) is 36.0 Å². The molecule has 2 rings (SSSR count). The van der Waals surface area contributed by atoms with Crippen molar-refractivity contribution in [1.29, 1.82) is 0 Å². The number of unbranched alkanes of at least 4 members (excludes halogenated alkanes) is 1. The summed E-state index contributed by atoms with van der Waals surface area (Å²) in [4.78, 5) is 15.5. The lowest BCUT2D eigenvalue weighted by Gasteiger charge is -2.06. The SMILES string of the molecule is CCCCn1ccnc1Sc1ccc([N+](=O)[O-])cc1. The summed E-state index contributed by atoms with van der Waals surface area (Å²) in [5.41, 5.74) is 0.110. The maximum absolute atomic E-state index is 10.6. The molecule has 0 fully saturated rings. The van der Waals surface area contributed by atoms with E-state index in [1.165, 1.54) is 23.9 Å². The second-order valence-corrected chi connectivity index (χ2v) is 5.15. The third-order valence-corrected chi connectivity index (χ3v) is 3.72. The van der Waals surface area contributed by atoms with E-state index in [1.54, 1.807) is 18.3 Å². The number of aromatic nitrogens is 2. The fraction of sp³-hybridized carbons (Fsp3) is 0.308. The Bertz CT molecular complexity index is 551. The van der Waals surface area contributed by atoms with Crippen molar-refractivity contribution in [3.8, 4) is 0 Å². The molecule has 1 heterocycles. The fourth-order valence-electron chi connectivity index (χ4n) is 1.64. The van der Waals surface area contributed by atoms with Crippen molar-refractivity contribution in [2.24, 2.45) is 0 Å². The highest BCUT2D eigenvalue weighted by molar-refractivity contribution is 7.99. The van der Waals surface area contributed by atoms with E-state index in [9.17, 15) is 10.1 Å². The Morgan fingerprint density at radius 2 is 2.11 bits per heavy atom. The van der Waals surface area contributed by atoms with Crippen LogP contribution in [0.1, 0.15) is 19.8 Å². The number of rotatable bonds is 6. The van der Waals surface area contributed by atoms with Crippen LogP contribution in [0, 0.1) is 10.1 Å². The van der Waals surface area contributed by atoms with Gasteiger partial charge >= 0.3 is 0 Å². The lowest BCUT2D eigenvalue weighted by atomic mass is 10.3. The minimum absolute atomic E-state index is 0.110. The molecule has 2 aromatic rings. The summed E-state index contributed by atoms with van der Waals surface area (Å²) in [6.45, 7) is 3.10. The molecule has 0 saturated carbocycles. The maximum Gasteiger partial charge on any atom is 0.269 e. The van der Waals surface area contributed by atoms with E-state index in [0.717, 1.165) is 29.4 Å². The Morgan fingerprint density at radius 1 is 1.37 bits per heavy atom. The summed E-state index contributed by atoms with van der Waals surface area (Å²) in [5.74, 6) is 0. The quantitative estimate of drug-likeness (QED) is 0.596. The molecule has 0 spiro atoms. The first-order chi connectivity index (χ1) is 9.20. The number of hydrogen-bond donors (Lipinski definition) is 0. The van der Waals surface area contributed by atoms with E-state index in [4.69, 9.17) is 0 Å². The summed E-state index contributed by atoms with van der Waals surface area (Å²) in [6, 6.07) is 6.53. The van der Waals surface area contributed by atoms with Gasteiger partial charge in [-0.3, -0.25) is 10.1 Å². The largest absolute Gasteiger partial charge is 0.326 e. The molecule has 0 radical (unpaired) electrons. The first-order valence-corrected chi connectivity index (χ1v) is 6.96. The maximum atomic E-state index is 10.6. The molecule has 100 valence electrons. The average molecular weight is 277 g/mol. The number of nitro groups is 1. The Labute approximate surface area is 115 Å². The van der Waals surface area contributed by atoms with Crippen LogP contribution in [-0.2, 0) is 6.54 Å². The lowest BCUT2D eigenvalue weighted by Crippen LogP contribution is -1.97. The van der Waals surface area contributed by atoms with Crippen LogP contribution in [0.5, 0.6) is 0 Å². The van der Waals surface area contributed by atoms with Gasteiger partial charge in [-0.15, -0.1) is 0 Å². The van der Waals surface area contributed by atoms with Gasteiger partial charge in [0.05, 0.1) is 4.92 Å². The predicted molar refractivity (Wildman–Crippen MR) is 74.4 cm³/mol. The number of nitro benzene ring substituents is 1. The zero-order valence-electron chi connectivity index (χ0n) is 10.7. The van der Waals surface area contributed by atoms with Crippen molar-refractivity contribution in [3.63, 3.8) is 0 Å². The van der Waals surface area contributed by atoms with Crippen molar-refractivity contribution in [1.82, 2.24) is 9.55 Å². The van der Waals surface area contributed by atoms with Crippen LogP contribution in [0.2, 0.25) is 0 Å². The normalized spacial score (nSPS) is 10.6. The van der Waals surface area contributed by atoms with Crippen LogP contribution in [0.3, 0.4) is 0 Å². The van der Waals surface area contributed by atoms with Gasteiger partial charge in [0.25, 0.3) is 5.69 Å². The molecule has 0 aliphatic rings. The molecule has 1 aromatic heterocycles. The van der Waals surface area contributed by atoms with Crippen LogP contribution in [-0.4, -0.2) is 14.5 Å². The summed E-state index contributed by atoms with van der Waals surface area (Å²) in [6.07, 6.45) is 6.00. The number of benzene rings is 1. The van der Waals surface area contributed by atoms with Gasteiger partial charge < -0.3 is 4.57 Å². The molecule has 19 heavy (non-hydrogen) atoms. The summed E-state index contributed by atoms with van der Waals surface area (Å²) in [7, 11) is 0. The van der Waals surface area contributed by atoms with E-state index in [-0.39, 0.29) is 5.69 Å². The predicted octanol–water partition coefficient (Wildman–Crippen LogP) is 3.74. The van der Waals surface area contributed by atoms with Crippen LogP contribution in [0.4, 0.5) is 5.69 Å². The second kappa shape index (κ2) is 6.38. The van der Waals surface area contributed by atoms with Gasteiger partial charge in [0.15, 0.2) is 5.16 Å². The molecule has 0 amide bonds. The van der Waals surface area contributed by atoms with E-state index < -0.39 is 4.92 Å². The van der Waals surface area contributed by atoms with Crippen LogP contribution in [0.15, 0.2) is 46.7 Å². The van der Waals surface area contributed by atoms with Crippen molar-refractivity contribution >= 4 is 17.4 Å². The van der Waals surface area contributed by atoms with Crippen molar-refractivity contribution < 1.29 is 4.92 Å². The Balaban J connectivity index is 2.08. The molecule has 5 nitrogen and oxygen atoms in total. The molecule has 0 aliphatic heterocycles. The van der Waals surface area contributed by atoms with Gasteiger partial charge in [0.2, 0.25) is 0 Å². The van der Waals surface area contributed by atoms with E-state index in [1.807, 2.05) is 6.20 Å². The number of imidazole rings is 1. The second-order valence-electron chi connectivity index (χ2n) is 4.11. The molecule has 0 aliphatic carbocycles. The molecule has 1 aromatic carbocycles. The molecule has 0 N–H and O–H groups in total. The summed E-state index contributed by atoms with van der Waals surface area (Å²) in [5, 5.41) is 11.5. The van der Waals surface area contributed by atoms with E-state index in [2.05, 4.69) is 16.5 Å². The van der Waals surface area contributed by atoms with Gasteiger partial charge in [-0.05, 0) is 18.6 Å². The first kappa shape index (κ1) is 13.6. The summed E-state index contributed by atoms with van der Waals surface area (Å²) >= 11 is 1.52. The Morgan fingerprint density at radius 3 is 2.74 bits per heavy atom. The number of non-ortho nitro benzene ring substituents is 1. The third-order valence-electron chi connectivity index (χ3n) is 2.69. The minimum Gasteiger partial charge on any atom is -0.326 e. The third kappa shape index (κ3) is 3.57. The van der Waals surface area contributed by atoms with Crippen LogP contribution < -0.4 is 0 Å². The molecule has 6 heteroatoms. The van der Waals surface area contributed by atoms with E-state index >= 15 is 0 Å². The number of hydrogen-bond acceptors (Lipinski definition) is 4. The molecule has 0 bridgehead atoms. The standard InChI is InChI=1S/C13H15N3O2S/c1-2-3-9-15-10-8-14-13(15)19-12-6-4-11(5-7-12)16(17)18/h4-8,10H,2-3,9H2,1H3. The lowest BCUT2D eigenvalue weighted by molar-refractivity contribution is -0.384. The molecule has 0 unspecified atom stereocenters. The highest BCUT2D eigenvalue weighted by Crippen LogP contribution is 2.27. The Hall–Kier alpha value is -1.82. The highest BCUT2D eigenvalue weighted by Gasteiger charge is 2.07. The molecular weight excluding hydrogens is 262 g/mol. The monoisotopic (exact) mass is 277 g/mol. The van der Waals surface area contributed by atoms with Crippen LogP contribution in [0.25, 0.3) is 0 Å². The molecular formula is C13H15N3O2S. The van der Waals surface area contributed by atoms with Gasteiger partial charge in [-0.25, -0.2) is 4.98 Å². The van der Waals surface area contributed by atoms with Gasteiger partial charge in [0.1, 0.15) is 0 Å². The zero-order valence-corrected chi connectivity index (χ0v) is 11.5. The Kier molecular flexibility index (Phi) is 4.57. The number of nitrogens with zero attached hydrogens (tertiary/aromatic N) is 3. The van der Waals surface area contributed by atoms with Crippen molar-refractivity contribution in [3.05, 3.63) is 46.8 Å². The molecule has 0 saturated heterocycles. The minimum atomic E-state index is -0.392. The topological polar surface area (TPSA) is 61.0 Å². The number of aryl methyl sites for hydroxylation is 1. The first-order valence-electron chi connectivity index (χ1n) is 6.14.